The number of alkyl halides is 2. The van der Waals surface area contributed by atoms with Gasteiger partial charge >= 0.3 is 6.61 Å². The largest absolute Gasteiger partial charge is 0.430 e. The summed E-state index contributed by atoms with van der Waals surface area (Å²) in [6, 6.07) is 3.24. The Morgan fingerprint density at radius 2 is 2.12 bits per heavy atom. The Labute approximate surface area is 89.1 Å². The van der Waals surface area contributed by atoms with Gasteiger partial charge in [-0.1, -0.05) is 0 Å². The molecule has 0 amide bonds. The van der Waals surface area contributed by atoms with E-state index in [0.717, 1.165) is 12.1 Å². The topological polar surface area (TPSA) is 50.1 Å². The summed E-state index contributed by atoms with van der Waals surface area (Å²) in [5.41, 5.74) is -0.513. The predicted molar refractivity (Wildman–Crippen MR) is 47.8 cm³/mol. The molecule has 0 spiro atoms. The molecule has 0 saturated carbocycles. The maximum absolute atomic E-state index is 13.3. The number of rotatable bonds is 3. The molecule has 0 bridgehead atoms. The van der Waals surface area contributed by atoms with Crippen molar-refractivity contribution in [3.05, 3.63) is 29.1 Å². The van der Waals surface area contributed by atoms with Crippen molar-refractivity contribution < 1.29 is 22.7 Å². The van der Waals surface area contributed by atoms with Gasteiger partial charge < -0.3 is 4.74 Å². The lowest BCUT2D eigenvalue weighted by molar-refractivity contribution is -0.0523. The first kappa shape index (κ1) is 12.0. The molecule has 0 unspecified atom stereocenters. The molecular weight excluding hydrogens is 223 g/mol. The van der Waals surface area contributed by atoms with Gasteiger partial charge in [0.05, 0.1) is 5.56 Å². The number of nitriles is 1. The van der Waals surface area contributed by atoms with Gasteiger partial charge in [0.2, 0.25) is 0 Å². The maximum atomic E-state index is 13.3. The quantitative estimate of drug-likeness (QED) is 0.748. The van der Waals surface area contributed by atoms with Gasteiger partial charge in [0.25, 0.3) is 0 Å². The van der Waals surface area contributed by atoms with Crippen LogP contribution in [0.5, 0.6) is 5.75 Å². The molecule has 0 aromatic heterocycles. The van der Waals surface area contributed by atoms with Crippen molar-refractivity contribution in [2.24, 2.45) is 0 Å². The molecule has 0 atom stereocenters. The van der Waals surface area contributed by atoms with Gasteiger partial charge in [-0.05, 0) is 19.1 Å². The summed E-state index contributed by atoms with van der Waals surface area (Å²) in [4.78, 5) is 10.9. The zero-order valence-corrected chi connectivity index (χ0v) is 8.13. The number of carbonyl (C=O) groups excluding carboxylic acids is 1. The molecule has 0 aliphatic rings. The number of Topliss-reactive ketones (excluding diaryl/α,β-unsaturated/α-hetero) is 1. The fourth-order valence-electron chi connectivity index (χ4n) is 1.09. The number of ether oxygens (including phenoxy) is 1. The molecule has 0 aliphatic carbocycles. The van der Waals surface area contributed by atoms with Crippen molar-refractivity contribution in [3.63, 3.8) is 0 Å². The first-order valence-corrected chi connectivity index (χ1v) is 4.15. The SMILES string of the molecule is CC(=O)c1cc(F)c(OC(F)F)c(C#N)c1. The van der Waals surface area contributed by atoms with Gasteiger partial charge in [0, 0.05) is 5.56 Å². The minimum absolute atomic E-state index is 0.0735. The Morgan fingerprint density at radius 3 is 2.56 bits per heavy atom. The number of ketones is 1. The first-order chi connectivity index (χ1) is 7.45. The molecule has 0 saturated heterocycles. The number of carbonyl (C=O) groups is 1. The van der Waals surface area contributed by atoms with Crippen molar-refractivity contribution in [2.75, 3.05) is 0 Å². The standard InChI is InChI=1S/C10H6F3NO2/c1-5(15)6-2-7(4-14)9(8(11)3-6)16-10(12)13/h2-3,10H,1H3. The van der Waals surface area contributed by atoms with Crippen LogP contribution in [0.3, 0.4) is 0 Å². The van der Waals surface area contributed by atoms with Crippen LogP contribution < -0.4 is 4.74 Å². The maximum Gasteiger partial charge on any atom is 0.387 e. The van der Waals surface area contributed by atoms with Crippen LogP contribution in [0.4, 0.5) is 13.2 Å². The summed E-state index contributed by atoms with van der Waals surface area (Å²) in [6.45, 7) is -2.06. The third-order valence-corrected chi connectivity index (χ3v) is 1.78. The van der Waals surface area contributed by atoms with E-state index in [4.69, 9.17) is 5.26 Å². The zero-order chi connectivity index (χ0) is 12.3. The number of hydrogen-bond acceptors (Lipinski definition) is 3. The van der Waals surface area contributed by atoms with Crippen LogP contribution >= 0.6 is 0 Å². The molecular formula is C10H6F3NO2. The zero-order valence-electron chi connectivity index (χ0n) is 8.13. The second kappa shape index (κ2) is 4.66. The summed E-state index contributed by atoms with van der Waals surface area (Å²) in [5, 5.41) is 8.61. The van der Waals surface area contributed by atoms with Crippen molar-refractivity contribution >= 4 is 5.78 Å². The number of halogens is 3. The summed E-state index contributed by atoms with van der Waals surface area (Å²) >= 11 is 0. The predicted octanol–water partition coefficient (Wildman–Crippen LogP) is 2.50. The van der Waals surface area contributed by atoms with Crippen molar-refractivity contribution in [1.29, 1.82) is 5.26 Å². The van der Waals surface area contributed by atoms with Gasteiger partial charge in [-0.15, -0.1) is 0 Å². The average Bonchev–Trinajstić information content (AvgIpc) is 2.19. The molecule has 6 heteroatoms. The Kier molecular flexibility index (Phi) is 3.51. The van der Waals surface area contributed by atoms with Gasteiger partial charge in [-0.2, -0.15) is 14.0 Å². The summed E-state index contributed by atoms with van der Waals surface area (Å²) in [7, 11) is 0. The lowest BCUT2D eigenvalue weighted by Gasteiger charge is -2.08. The molecule has 0 heterocycles. The van der Waals surface area contributed by atoms with Gasteiger partial charge in [0.15, 0.2) is 17.3 Å². The van der Waals surface area contributed by atoms with E-state index in [1.807, 2.05) is 0 Å². The number of nitrogens with zero attached hydrogens (tertiary/aromatic N) is 1. The van der Waals surface area contributed by atoms with Gasteiger partial charge in [0.1, 0.15) is 6.07 Å². The van der Waals surface area contributed by atoms with Crippen LogP contribution in [0.2, 0.25) is 0 Å². The second-order valence-electron chi connectivity index (χ2n) is 2.88. The number of hydrogen-bond donors (Lipinski definition) is 0. The first-order valence-electron chi connectivity index (χ1n) is 4.15. The fourth-order valence-corrected chi connectivity index (χ4v) is 1.09. The minimum atomic E-state index is -3.23. The Morgan fingerprint density at radius 1 is 1.50 bits per heavy atom. The molecule has 0 fully saturated rings. The van der Waals surface area contributed by atoms with Crippen LogP contribution in [0.15, 0.2) is 12.1 Å². The normalized spacial score (nSPS) is 10.0. The van der Waals surface area contributed by atoms with Crippen LogP contribution in [0.25, 0.3) is 0 Å². The average molecular weight is 229 g/mol. The highest BCUT2D eigenvalue weighted by molar-refractivity contribution is 5.94. The van der Waals surface area contributed by atoms with Gasteiger partial charge in [-0.25, -0.2) is 4.39 Å². The van der Waals surface area contributed by atoms with Crippen molar-refractivity contribution in [2.45, 2.75) is 13.5 Å². The molecule has 1 aromatic carbocycles. The van der Waals surface area contributed by atoms with E-state index in [2.05, 4.69) is 4.74 Å². The van der Waals surface area contributed by atoms with E-state index >= 15 is 0 Å². The third-order valence-electron chi connectivity index (χ3n) is 1.78. The van der Waals surface area contributed by atoms with Crippen LogP contribution in [0, 0.1) is 17.1 Å². The molecule has 3 nitrogen and oxygen atoms in total. The Hall–Kier alpha value is -2.03. The molecule has 1 rings (SSSR count). The van der Waals surface area contributed by atoms with Crippen LogP contribution in [-0.4, -0.2) is 12.4 Å². The van der Waals surface area contributed by atoms with Gasteiger partial charge in [-0.3, -0.25) is 4.79 Å². The number of benzene rings is 1. The highest BCUT2D eigenvalue weighted by Gasteiger charge is 2.17. The van der Waals surface area contributed by atoms with Crippen LogP contribution in [-0.2, 0) is 0 Å². The van der Waals surface area contributed by atoms with E-state index in [1.54, 1.807) is 0 Å². The molecule has 1 aromatic rings. The summed E-state index contributed by atoms with van der Waals surface area (Å²) in [6.07, 6.45) is 0. The highest BCUT2D eigenvalue weighted by Crippen LogP contribution is 2.26. The Balaban J connectivity index is 3.30. The summed E-state index contributed by atoms with van der Waals surface area (Å²) < 4.78 is 40.9. The molecule has 0 radical (unpaired) electrons. The van der Waals surface area contributed by atoms with E-state index in [9.17, 15) is 18.0 Å². The lowest BCUT2D eigenvalue weighted by atomic mass is 10.1. The monoisotopic (exact) mass is 229 g/mol. The molecule has 16 heavy (non-hydrogen) atoms. The van der Waals surface area contributed by atoms with E-state index < -0.39 is 29.5 Å². The lowest BCUT2D eigenvalue weighted by Crippen LogP contribution is -2.07. The molecule has 84 valence electrons. The van der Waals surface area contributed by atoms with E-state index in [1.165, 1.54) is 13.0 Å². The molecule has 0 aliphatic heterocycles. The van der Waals surface area contributed by atoms with Crippen molar-refractivity contribution in [3.8, 4) is 11.8 Å². The minimum Gasteiger partial charge on any atom is -0.430 e. The van der Waals surface area contributed by atoms with Crippen molar-refractivity contribution in [1.82, 2.24) is 0 Å². The molecule has 0 N–H and O–H groups in total. The van der Waals surface area contributed by atoms with E-state index in [-0.39, 0.29) is 5.56 Å². The van der Waals surface area contributed by atoms with E-state index in [0.29, 0.717) is 0 Å². The Bertz CT molecular complexity index is 466. The fraction of sp³-hybridized carbons (Fsp3) is 0.200. The second-order valence-corrected chi connectivity index (χ2v) is 2.88. The van der Waals surface area contributed by atoms with Crippen LogP contribution in [0.1, 0.15) is 22.8 Å². The smallest absolute Gasteiger partial charge is 0.387 e. The summed E-state index contributed by atoms with van der Waals surface area (Å²) in [5.74, 6) is -2.48. The highest BCUT2D eigenvalue weighted by atomic mass is 19.3. The third kappa shape index (κ3) is 2.51.